The molecule has 32 heavy (non-hydrogen) atoms. The second-order valence-electron chi connectivity index (χ2n) is 7.08. The van der Waals surface area contributed by atoms with E-state index < -0.39 is 15.9 Å². The summed E-state index contributed by atoms with van der Waals surface area (Å²) >= 11 is 12.7. The molecule has 1 aromatic heterocycles. The number of anilines is 1. The maximum Gasteiger partial charge on any atom is 0.260 e. The van der Waals surface area contributed by atoms with Crippen molar-refractivity contribution in [2.24, 2.45) is 0 Å². The van der Waals surface area contributed by atoms with E-state index in [0.717, 1.165) is 5.56 Å². The predicted octanol–water partition coefficient (Wildman–Crippen LogP) is 4.83. The largest absolute Gasteiger partial charge is 0.320 e. The number of carbonyl (C=O) groups is 1. The van der Waals surface area contributed by atoms with Crippen LogP contribution in [0.3, 0.4) is 0 Å². The van der Waals surface area contributed by atoms with E-state index in [-0.39, 0.29) is 26.3 Å². The van der Waals surface area contributed by atoms with Gasteiger partial charge in [-0.2, -0.15) is 9.40 Å². The molecule has 10 heteroatoms. The van der Waals surface area contributed by atoms with E-state index in [1.165, 1.54) is 22.5 Å². The van der Waals surface area contributed by atoms with Gasteiger partial charge in [0.2, 0.25) is 10.0 Å². The van der Waals surface area contributed by atoms with Crippen LogP contribution in [-0.2, 0) is 16.6 Å². The van der Waals surface area contributed by atoms with Crippen LogP contribution < -0.4 is 5.32 Å². The van der Waals surface area contributed by atoms with E-state index in [1.807, 2.05) is 30.3 Å². The Kier molecular flexibility index (Phi) is 7.61. The van der Waals surface area contributed by atoms with Crippen molar-refractivity contribution in [1.29, 1.82) is 0 Å². The lowest BCUT2D eigenvalue weighted by molar-refractivity contribution is 0.102. The Labute approximate surface area is 198 Å². The van der Waals surface area contributed by atoms with Crippen molar-refractivity contribution in [2.75, 3.05) is 18.4 Å². The molecule has 0 aliphatic rings. The van der Waals surface area contributed by atoms with E-state index in [0.29, 0.717) is 25.3 Å². The summed E-state index contributed by atoms with van der Waals surface area (Å²) in [7, 11) is -3.71. The fourth-order valence-electron chi connectivity index (χ4n) is 3.33. The van der Waals surface area contributed by atoms with E-state index in [4.69, 9.17) is 23.2 Å². The van der Waals surface area contributed by atoms with Gasteiger partial charge in [-0.3, -0.25) is 4.79 Å². The Morgan fingerprint density at radius 3 is 2.38 bits per heavy atom. The second kappa shape index (κ2) is 10.0. The number of aromatic nitrogens is 2. The molecule has 3 rings (SSSR count). The van der Waals surface area contributed by atoms with Gasteiger partial charge in [-0.05, 0) is 30.7 Å². The van der Waals surface area contributed by atoms with E-state index in [9.17, 15) is 13.2 Å². The van der Waals surface area contributed by atoms with Crippen LogP contribution in [0.5, 0.6) is 0 Å². The standard InChI is InChI=1S/C22H24Cl2N4O3S/c1-4-27(5-2)32(30,31)17-11-12-18(23)19(13-17)25-22(29)20-15(3)26-28(21(20)24)14-16-9-7-6-8-10-16/h6-13H,4-5,14H2,1-3H3,(H,25,29). The summed E-state index contributed by atoms with van der Waals surface area (Å²) in [6.45, 7) is 6.28. The quantitative estimate of drug-likeness (QED) is 0.485. The third kappa shape index (κ3) is 4.99. The normalized spacial score (nSPS) is 11.7. The number of carbonyl (C=O) groups excluding carboxylic acids is 1. The van der Waals surface area contributed by atoms with Crippen molar-refractivity contribution in [3.05, 3.63) is 75.5 Å². The summed E-state index contributed by atoms with van der Waals surface area (Å²) in [4.78, 5) is 13.1. The average molecular weight is 495 g/mol. The summed E-state index contributed by atoms with van der Waals surface area (Å²) in [5.74, 6) is -0.522. The minimum Gasteiger partial charge on any atom is -0.320 e. The second-order valence-corrected chi connectivity index (χ2v) is 9.78. The average Bonchev–Trinajstić information content (AvgIpc) is 3.03. The fourth-order valence-corrected chi connectivity index (χ4v) is 5.30. The van der Waals surface area contributed by atoms with Crippen molar-refractivity contribution < 1.29 is 13.2 Å². The Bertz CT molecular complexity index is 1220. The van der Waals surface area contributed by atoms with Crippen molar-refractivity contribution in [1.82, 2.24) is 14.1 Å². The van der Waals surface area contributed by atoms with Gasteiger partial charge >= 0.3 is 0 Å². The fraction of sp³-hybridized carbons (Fsp3) is 0.273. The molecule has 170 valence electrons. The number of hydrogen-bond acceptors (Lipinski definition) is 4. The molecule has 0 atom stereocenters. The van der Waals surface area contributed by atoms with E-state index >= 15 is 0 Å². The molecule has 1 amide bonds. The smallest absolute Gasteiger partial charge is 0.260 e. The summed E-state index contributed by atoms with van der Waals surface area (Å²) < 4.78 is 28.5. The molecule has 0 aliphatic carbocycles. The minimum atomic E-state index is -3.71. The highest BCUT2D eigenvalue weighted by Gasteiger charge is 2.25. The van der Waals surface area contributed by atoms with Crippen molar-refractivity contribution >= 4 is 44.8 Å². The number of rotatable bonds is 8. The monoisotopic (exact) mass is 494 g/mol. The molecular formula is C22H24Cl2N4O3S. The van der Waals surface area contributed by atoms with Crippen LogP contribution in [0.1, 0.15) is 35.5 Å². The molecule has 3 aromatic rings. The SMILES string of the molecule is CCN(CC)S(=O)(=O)c1ccc(Cl)c(NC(=O)c2c(C)nn(Cc3ccccc3)c2Cl)c1. The zero-order valence-corrected chi connectivity index (χ0v) is 20.3. The molecule has 0 unspecified atom stereocenters. The molecule has 0 saturated heterocycles. The summed E-state index contributed by atoms with van der Waals surface area (Å²) in [5, 5.41) is 7.46. The highest BCUT2D eigenvalue weighted by molar-refractivity contribution is 7.89. The Morgan fingerprint density at radius 2 is 1.75 bits per heavy atom. The molecule has 0 radical (unpaired) electrons. The van der Waals surface area contributed by atoms with E-state index in [1.54, 1.807) is 25.5 Å². The molecule has 0 fully saturated rings. The van der Waals surface area contributed by atoms with Gasteiger partial charge < -0.3 is 5.32 Å². The Morgan fingerprint density at radius 1 is 1.09 bits per heavy atom. The third-order valence-corrected chi connectivity index (χ3v) is 7.76. The lowest BCUT2D eigenvalue weighted by atomic mass is 10.2. The third-order valence-electron chi connectivity index (χ3n) is 5.00. The van der Waals surface area contributed by atoms with Crippen molar-refractivity contribution in [2.45, 2.75) is 32.2 Å². The van der Waals surface area contributed by atoms with Crippen molar-refractivity contribution in [3.8, 4) is 0 Å². The minimum absolute atomic E-state index is 0.0449. The van der Waals surface area contributed by atoms with Crippen LogP contribution in [0.15, 0.2) is 53.4 Å². The molecule has 2 aromatic carbocycles. The first kappa shape index (κ1) is 24.3. The van der Waals surface area contributed by atoms with Crippen LogP contribution in [0.4, 0.5) is 5.69 Å². The zero-order chi connectivity index (χ0) is 23.5. The number of nitrogens with one attached hydrogen (secondary N) is 1. The van der Waals surface area contributed by atoms with E-state index in [2.05, 4.69) is 10.4 Å². The summed E-state index contributed by atoms with van der Waals surface area (Å²) in [6, 6.07) is 13.8. The van der Waals surface area contributed by atoms with Crippen LogP contribution in [-0.4, -0.2) is 41.5 Å². The van der Waals surface area contributed by atoms with Gasteiger partial charge in [0, 0.05) is 13.1 Å². The molecule has 1 N–H and O–H groups in total. The first-order valence-electron chi connectivity index (χ1n) is 10.1. The Balaban J connectivity index is 1.89. The van der Waals surface area contributed by atoms with Crippen LogP contribution in [0.2, 0.25) is 10.2 Å². The molecule has 7 nitrogen and oxygen atoms in total. The first-order chi connectivity index (χ1) is 15.2. The van der Waals surface area contributed by atoms with Gasteiger partial charge in [0.25, 0.3) is 5.91 Å². The maximum atomic E-state index is 13.0. The molecule has 0 spiro atoms. The van der Waals surface area contributed by atoms with Crippen LogP contribution >= 0.6 is 23.2 Å². The number of halogens is 2. The van der Waals surface area contributed by atoms with Crippen LogP contribution in [0, 0.1) is 6.92 Å². The number of amides is 1. The predicted molar refractivity (Wildman–Crippen MR) is 127 cm³/mol. The topological polar surface area (TPSA) is 84.3 Å². The summed E-state index contributed by atoms with van der Waals surface area (Å²) in [6.07, 6.45) is 0. The number of aryl methyl sites for hydroxylation is 1. The molecule has 1 heterocycles. The maximum absolute atomic E-state index is 13.0. The molecule has 0 aliphatic heterocycles. The first-order valence-corrected chi connectivity index (χ1v) is 12.3. The number of benzene rings is 2. The highest BCUT2D eigenvalue weighted by Crippen LogP contribution is 2.29. The lowest BCUT2D eigenvalue weighted by Gasteiger charge is -2.19. The highest BCUT2D eigenvalue weighted by atomic mass is 35.5. The van der Waals surface area contributed by atoms with Crippen molar-refractivity contribution in [3.63, 3.8) is 0 Å². The number of nitrogens with zero attached hydrogens (tertiary/aromatic N) is 3. The van der Waals surface area contributed by atoms with Gasteiger partial charge in [0.05, 0.1) is 33.4 Å². The summed E-state index contributed by atoms with van der Waals surface area (Å²) in [5.41, 5.74) is 1.82. The molecular weight excluding hydrogens is 471 g/mol. The van der Waals surface area contributed by atoms with Gasteiger partial charge in [-0.1, -0.05) is 67.4 Å². The Hall–Kier alpha value is -2.39. The van der Waals surface area contributed by atoms with Gasteiger partial charge in [0.15, 0.2) is 0 Å². The van der Waals surface area contributed by atoms with Gasteiger partial charge in [-0.25, -0.2) is 13.1 Å². The van der Waals surface area contributed by atoms with Crippen LogP contribution in [0.25, 0.3) is 0 Å². The zero-order valence-electron chi connectivity index (χ0n) is 18.0. The lowest BCUT2D eigenvalue weighted by Crippen LogP contribution is -2.30. The number of sulfonamides is 1. The number of hydrogen-bond donors (Lipinski definition) is 1. The molecule has 0 saturated carbocycles. The molecule has 0 bridgehead atoms. The van der Waals surface area contributed by atoms with Gasteiger partial charge in [-0.15, -0.1) is 0 Å². The van der Waals surface area contributed by atoms with Gasteiger partial charge in [0.1, 0.15) is 5.15 Å².